The first-order chi connectivity index (χ1) is 24.5. The molecule has 0 bridgehead atoms. The second kappa shape index (κ2) is 15.1. The Morgan fingerprint density at radius 1 is 0.769 bits per heavy atom. The number of halogens is 2. The molecule has 0 spiro atoms. The van der Waals surface area contributed by atoms with Gasteiger partial charge in [0.05, 0.1) is 44.1 Å². The highest BCUT2D eigenvalue weighted by Gasteiger charge is 2.32. The number of hydrogen-bond donors (Lipinski definition) is 0. The van der Waals surface area contributed by atoms with Crippen molar-refractivity contribution in [1.82, 2.24) is 38.0 Å². The lowest BCUT2D eigenvalue weighted by Gasteiger charge is -2.36. The molecular formula is C28H40F2N10O9S3. The number of hydrogen-bond acceptors (Lipinski definition) is 16. The Morgan fingerprint density at radius 3 is 1.90 bits per heavy atom. The van der Waals surface area contributed by atoms with Crippen molar-refractivity contribution in [2.24, 2.45) is 0 Å². The van der Waals surface area contributed by atoms with E-state index >= 15 is 0 Å². The fourth-order valence-electron chi connectivity index (χ4n) is 6.22. The third-order valence-electron chi connectivity index (χ3n) is 8.89. The van der Waals surface area contributed by atoms with E-state index in [0.29, 0.717) is 52.5 Å². The molecule has 0 radical (unpaired) electrons. The van der Waals surface area contributed by atoms with Crippen LogP contribution in [0.15, 0.2) is 12.1 Å². The average molecular weight is 795 g/mol. The van der Waals surface area contributed by atoms with E-state index in [1.807, 2.05) is 9.80 Å². The van der Waals surface area contributed by atoms with Crippen LogP contribution in [0.3, 0.4) is 0 Å². The molecule has 288 valence electrons. The van der Waals surface area contributed by atoms with E-state index in [-0.39, 0.29) is 78.9 Å². The standard InChI is InChI=1S/C28H40F2N10O9S3/c1-47-23-21(49-51(3,43)44)5-4-20-22(23)31-25(24(29)30)40(20)28-33-26(32-27(34-28)37-14-17-48-18-15-37)36-8-12-39(13-9-36)52(45,46)19-16-35-6-10-38(11-7-35)50(2,41)42/h4-5,24H,6-19H2,1-3H3. The van der Waals surface area contributed by atoms with Gasteiger partial charge >= 0.3 is 10.1 Å². The molecule has 0 N–H and O–H groups in total. The van der Waals surface area contributed by atoms with Gasteiger partial charge < -0.3 is 23.5 Å². The fourth-order valence-corrected chi connectivity index (χ4v) is 8.97. The van der Waals surface area contributed by atoms with E-state index < -0.39 is 42.4 Å². The Morgan fingerprint density at radius 2 is 1.35 bits per heavy atom. The Bertz CT molecular complexity index is 2100. The number of anilines is 2. The maximum atomic E-state index is 14.6. The van der Waals surface area contributed by atoms with Crippen molar-refractivity contribution in [3.63, 3.8) is 0 Å². The minimum atomic E-state index is -3.99. The van der Waals surface area contributed by atoms with Crippen molar-refractivity contribution in [3.05, 3.63) is 18.0 Å². The third-order valence-corrected chi connectivity index (χ3v) is 12.5. The molecule has 3 aliphatic rings. The van der Waals surface area contributed by atoms with Crippen LogP contribution < -0.4 is 18.7 Å². The van der Waals surface area contributed by atoms with Crippen LogP contribution in [0.1, 0.15) is 12.2 Å². The molecule has 3 saturated heterocycles. The zero-order chi connectivity index (χ0) is 37.4. The van der Waals surface area contributed by atoms with Crippen LogP contribution in [0.2, 0.25) is 0 Å². The van der Waals surface area contributed by atoms with Crippen LogP contribution in [0.5, 0.6) is 11.5 Å². The summed E-state index contributed by atoms with van der Waals surface area (Å²) in [5, 5.41) is 0. The molecule has 6 rings (SSSR count). The van der Waals surface area contributed by atoms with Gasteiger partial charge in [0.25, 0.3) is 6.43 Å². The summed E-state index contributed by atoms with van der Waals surface area (Å²) in [5.41, 5.74) is -0.0170. The van der Waals surface area contributed by atoms with Gasteiger partial charge in [-0.2, -0.15) is 32.0 Å². The van der Waals surface area contributed by atoms with Crippen LogP contribution in [-0.2, 0) is 34.9 Å². The summed E-state index contributed by atoms with van der Waals surface area (Å²) < 4.78 is 123. The smallest absolute Gasteiger partial charge is 0.306 e. The quantitative estimate of drug-likeness (QED) is 0.209. The number of ether oxygens (including phenoxy) is 2. The molecule has 24 heteroatoms. The van der Waals surface area contributed by atoms with Crippen LogP contribution in [0.25, 0.3) is 17.0 Å². The molecule has 0 aliphatic carbocycles. The number of piperazine rings is 2. The monoisotopic (exact) mass is 794 g/mol. The van der Waals surface area contributed by atoms with E-state index in [1.54, 1.807) is 4.90 Å². The second-order valence-electron chi connectivity index (χ2n) is 12.4. The Hall–Kier alpha value is -3.55. The topological polar surface area (TPSA) is 203 Å². The van der Waals surface area contributed by atoms with Crippen LogP contribution >= 0.6 is 0 Å². The lowest BCUT2D eigenvalue weighted by atomic mass is 10.2. The van der Waals surface area contributed by atoms with E-state index in [4.69, 9.17) is 13.7 Å². The molecule has 0 unspecified atom stereocenters. The van der Waals surface area contributed by atoms with Gasteiger partial charge in [-0.05, 0) is 12.1 Å². The highest BCUT2D eigenvalue weighted by atomic mass is 32.2. The molecule has 3 fully saturated rings. The van der Waals surface area contributed by atoms with Gasteiger partial charge in [-0.3, -0.25) is 9.47 Å². The Balaban J connectivity index is 1.26. The molecule has 0 amide bonds. The van der Waals surface area contributed by atoms with Gasteiger partial charge in [0, 0.05) is 72.0 Å². The molecule has 3 aliphatic heterocycles. The van der Waals surface area contributed by atoms with Crippen molar-refractivity contribution in [2.75, 3.05) is 120 Å². The first-order valence-electron chi connectivity index (χ1n) is 16.3. The van der Waals surface area contributed by atoms with E-state index in [9.17, 15) is 34.0 Å². The first kappa shape index (κ1) is 38.2. The number of nitrogens with zero attached hydrogens (tertiary/aromatic N) is 10. The summed E-state index contributed by atoms with van der Waals surface area (Å²) in [5.74, 6) is -1.14. The molecule has 0 saturated carbocycles. The minimum Gasteiger partial charge on any atom is -0.491 e. The van der Waals surface area contributed by atoms with E-state index in [2.05, 4.69) is 19.9 Å². The zero-order valence-corrected chi connectivity index (χ0v) is 31.2. The summed E-state index contributed by atoms with van der Waals surface area (Å²) >= 11 is 0. The number of sulfonamides is 2. The summed E-state index contributed by atoms with van der Waals surface area (Å²) in [6, 6.07) is 2.61. The van der Waals surface area contributed by atoms with Crippen molar-refractivity contribution in [1.29, 1.82) is 0 Å². The lowest BCUT2D eigenvalue weighted by molar-refractivity contribution is 0.122. The fraction of sp³-hybridized carbons (Fsp3) is 0.643. The number of alkyl halides is 2. The summed E-state index contributed by atoms with van der Waals surface area (Å²) in [7, 11) is -9.73. The molecule has 1 aromatic carbocycles. The third kappa shape index (κ3) is 8.47. The molecule has 0 atom stereocenters. The van der Waals surface area contributed by atoms with Crippen LogP contribution in [0.4, 0.5) is 20.7 Å². The SMILES string of the molecule is COc1c(OS(C)(=O)=O)ccc2c1nc(C(F)F)n2-c1nc(N2CCOCC2)nc(N2CCN(S(=O)(=O)CCN3CCN(S(C)(=O)=O)CC3)CC2)n1. The number of morpholine rings is 1. The average Bonchev–Trinajstić information content (AvgIpc) is 3.50. The number of fused-ring (bicyclic) bond motifs is 1. The van der Waals surface area contributed by atoms with Gasteiger partial charge in [0.2, 0.25) is 37.9 Å². The van der Waals surface area contributed by atoms with Gasteiger partial charge in [-0.25, -0.2) is 30.6 Å². The van der Waals surface area contributed by atoms with Gasteiger partial charge in [-0.15, -0.1) is 0 Å². The van der Waals surface area contributed by atoms with Gasteiger partial charge in [-0.1, -0.05) is 0 Å². The number of benzene rings is 1. The zero-order valence-electron chi connectivity index (χ0n) is 28.8. The molecular weight excluding hydrogens is 755 g/mol. The first-order valence-corrected chi connectivity index (χ1v) is 21.6. The highest BCUT2D eigenvalue weighted by molar-refractivity contribution is 7.89. The van der Waals surface area contributed by atoms with Crippen molar-refractivity contribution < 1.29 is 47.7 Å². The molecule has 2 aromatic heterocycles. The van der Waals surface area contributed by atoms with Crippen LogP contribution in [-0.4, -0.2) is 174 Å². The molecule has 52 heavy (non-hydrogen) atoms. The molecule has 3 aromatic rings. The van der Waals surface area contributed by atoms with Crippen molar-refractivity contribution in [3.8, 4) is 17.4 Å². The lowest BCUT2D eigenvalue weighted by Crippen LogP contribution is -2.52. The Kier molecular flexibility index (Phi) is 11.1. The number of methoxy groups -OCH3 is 1. The Labute approximate surface area is 300 Å². The van der Waals surface area contributed by atoms with Crippen LogP contribution in [0, 0.1) is 0 Å². The largest absolute Gasteiger partial charge is 0.491 e. The molecule has 19 nitrogen and oxygen atoms in total. The normalized spacial score (nSPS) is 19.1. The molecule has 5 heterocycles. The summed E-state index contributed by atoms with van der Waals surface area (Å²) in [6.07, 6.45) is -1.12. The highest BCUT2D eigenvalue weighted by Crippen LogP contribution is 2.39. The maximum Gasteiger partial charge on any atom is 0.306 e. The number of rotatable bonds is 12. The van der Waals surface area contributed by atoms with Gasteiger partial charge in [0.1, 0.15) is 5.52 Å². The predicted octanol–water partition coefficient (Wildman–Crippen LogP) is -0.639. The van der Waals surface area contributed by atoms with E-state index in [1.165, 1.54) is 27.9 Å². The second-order valence-corrected chi connectivity index (χ2v) is 18.0. The number of aromatic nitrogens is 5. The summed E-state index contributed by atoms with van der Waals surface area (Å²) in [4.78, 5) is 23.4. The maximum absolute atomic E-state index is 14.6. The van der Waals surface area contributed by atoms with Crippen molar-refractivity contribution >= 4 is 53.1 Å². The van der Waals surface area contributed by atoms with E-state index in [0.717, 1.165) is 17.1 Å². The summed E-state index contributed by atoms with van der Waals surface area (Å²) in [6.45, 7) is 3.99. The van der Waals surface area contributed by atoms with Crippen molar-refractivity contribution in [2.45, 2.75) is 6.43 Å². The number of imidazole rings is 1. The predicted molar refractivity (Wildman–Crippen MR) is 185 cm³/mol. The minimum absolute atomic E-state index is 0.0896. The van der Waals surface area contributed by atoms with Gasteiger partial charge in [0.15, 0.2) is 17.3 Å².